The summed E-state index contributed by atoms with van der Waals surface area (Å²) in [4.78, 5) is 9.41. The van der Waals surface area contributed by atoms with Gasteiger partial charge in [0.15, 0.2) is 0 Å². The quantitative estimate of drug-likeness (QED) is 0.471. The van der Waals surface area contributed by atoms with E-state index in [1.165, 1.54) is 0 Å². The van der Waals surface area contributed by atoms with Crippen molar-refractivity contribution in [2.45, 2.75) is 0 Å². The van der Waals surface area contributed by atoms with Crippen molar-refractivity contribution < 1.29 is 9.90 Å². The average Bonchev–Trinajstić information content (AvgIpc) is 1.35. The fourth-order valence-electron chi connectivity index (χ4n) is 0.0390. The van der Waals surface area contributed by atoms with Crippen LogP contribution in [0.1, 0.15) is 0 Å². The minimum atomic E-state index is -1.08. The van der Waals surface area contributed by atoms with Gasteiger partial charge >= 0.3 is 40.1 Å². The Bertz CT molecular complexity index is 144. The topological polar surface area (TPSA) is 37.3 Å². The molecule has 4 heteroatoms. The predicted molar refractivity (Wildman–Crippen MR) is 25.8 cm³/mol. The Hall–Kier alpha value is -0.100. The first-order valence-corrected chi connectivity index (χ1v) is 2.99. The van der Waals surface area contributed by atoms with E-state index in [2.05, 4.69) is 11.8 Å². The van der Waals surface area contributed by atoms with Gasteiger partial charge in [-0.1, -0.05) is 0 Å². The molecule has 0 unspecified atom stereocenters. The molecule has 0 aliphatic rings. The fourth-order valence-corrected chi connectivity index (χ4v) is 0.351. The molecule has 0 aliphatic carbocycles. The van der Waals surface area contributed by atoms with Crippen LogP contribution < -0.4 is 0 Å². The third-order valence-electron chi connectivity index (χ3n) is 0.141. The Morgan fingerprint density at radius 3 is 2.50 bits per heavy atom. The molecule has 0 atom stereocenters. The van der Waals surface area contributed by atoms with Crippen molar-refractivity contribution >= 4 is 24.6 Å². The van der Waals surface area contributed by atoms with Crippen LogP contribution in [0.15, 0.2) is 0 Å². The van der Waals surface area contributed by atoms with Crippen LogP contribution in [0, 0.1) is 5.63 Å². The number of carboxylic acids is 1. The van der Waals surface area contributed by atoms with Crippen molar-refractivity contribution in [1.29, 1.82) is 0 Å². The van der Waals surface area contributed by atoms with Crippen molar-refractivity contribution in [3.05, 3.63) is 0 Å². The van der Waals surface area contributed by atoms with Crippen molar-refractivity contribution in [2.24, 2.45) is 0 Å². The van der Waals surface area contributed by atoms with Crippen LogP contribution in [0.3, 0.4) is 0 Å². The summed E-state index contributed by atoms with van der Waals surface area (Å²) in [6.45, 7) is 0.258. The Balaban J connectivity index is 3.84. The Kier molecular flexibility index (Phi) is 3.05. The van der Waals surface area contributed by atoms with Crippen molar-refractivity contribution in [2.75, 3.05) is 0 Å². The van der Waals surface area contributed by atoms with E-state index in [4.69, 9.17) is 5.11 Å². The van der Waals surface area contributed by atoms with Crippen LogP contribution in [-0.4, -0.2) is 11.1 Å². The standard InChI is InChI=1S/C2HO2PS/c3-2(4)1-5-6/h(H,3,4). The summed E-state index contributed by atoms with van der Waals surface area (Å²) in [5.74, 6) is -1.08. The molecular weight excluding hydrogens is 119 g/mol. The second kappa shape index (κ2) is 3.10. The van der Waals surface area contributed by atoms with Crippen LogP contribution in [0.2, 0.25) is 0 Å². The van der Waals surface area contributed by atoms with Gasteiger partial charge in [0.1, 0.15) is 0 Å². The molecular formula is C2HO2PS. The van der Waals surface area contributed by atoms with Crippen molar-refractivity contribution in [3.8, 4) is 5.63 Å². The van der Waals surface area contributed by atoms with Gasteiger partial charge in [0, 0.05) is 0 Å². The van der Waals surface area contributed by atoms with Crippen LogP contribution in [0.25, 0.3) is 0 Å². The Morgan fingerprint density at radius 2 is 2.50 bits per heavy atom. The summed E-state index contributed by atoms with van der Waals surface area (Å²) >= 11 is 4.21. The number of carboxylic acid groups (broad SMARTS) is 1. The van der Waals surface area contributed by atoms with Gasteiger partial charge in [-0.2, -0.15) is 0 Å². The molecule has 0 aromatic rings. The monoisotopic (exact) mass is 120 g/mol. The molecule has 0 saturated heterocycles. The maximum absolute atomic E-state index is 9.41. The molecule has 0 aromatic carbocycles. The number of aliphatic carboxylic acids is 1. The van der Waals surface area contributed by atoms with Gasteiger partial charge in [0.25, 0.3) is 0 Å². The molecule has 0 radical (unpaired) electrons. The number of carbonyl (C=O) groups is 1. The molecule has 0 bridgehead atoms. The molecule has 2 nitrogen and oxygen atoms in total. The van der Waals surface area contributed by atoms with Crippen LogP contribution in [0.5, 0.6) is 0 Å². The van der Waals surface area contributed by atoms with E-state index in [1.54, 1.807) is 0 Å². The molecule has 0 aliphatic heterocycles. The number of rotatable bonds is 0. The van der Waals surface area contributed by atoms with Gasteiger partial charge in [0.2, 0.25) is 0 Å². The van der Waals surface area contributed by atoms with E-state index in [-0.39, 0.29) is 6.81 Å². The number of hydrogen-bond acceptors (Lipinski definition) is 2. The first-order valence-electron chi connectivity index (χ1n) is 1.08. The summed E-state index contributed by atoms with van der Waals surface area (Å²) in [7, 11) is 0. The van der Waals surface area contributed by atoms with E-state index < -0.39 is 5.97 Å². The fraction of sp³-hybridized carbons (Fsp3) is 0. The zero-order chi connectivity index (χ0) is 4.99. The first kappa shape index (κ1) is 5.90. The summed E-state index contributed by atoms with van der Waals surface area (Å²) in [6, 6.07) is 0. The molecule has 0 aromatic heterocycles. The van der Waals surface area contributed by atoms with Crippen LogP contribution in [0.4, 0.5) is 0 Å². The van der Waals surface area contributed by atoms with E-state index in [9.17, 15) is 4.79 Å². The SMILES string of the molecule is O=C(O)C#P=S. The van der Waals surface area contributed by atoms with E-state index in [0.29, 0.717) is 0 Å². The molecule has 0 saturated carbocycles. The van der Waals surface area contributed by atoms with E-state index in [0.717, 1.165) is 0 Å². The van der Waals surface area contributed by atoms with Crippen molar-refractivity contribution in [1.82, 2.24) is 0 Å². The second-order valence-corrected chi connectivity index (χ2v) is 1.46. The summed E-state index contributed by atoms with van der Waals surface area (Å²) in [6.07, 6.45) is 0. The molecule has 0 amide bonds. The van der Waals surface area contributed by atoms with Crippen molar-refractivity contribution in [3.63, 3.8) is 0 Å². The molecule has 1 N–H and O–H groups in total. The minimum absolute atomic E-state index is 0.258. The van der Waals surface area contributed by atoms with Gasteiger partial charge < -0.3 is 0 Å². The molecule has 0 spiro atoms. The Morgan fingerprint density at radius 1 is 2.00 bits per heavy atom. The van der Waals surface area contributed by atoms with Gasteiger partial charge in [-0.3, -0.25) is 0 Å². The molecule has 6 heavy (non-hydrogen) atoms. The normalized spacial score (nSPS) is 6.00. The second-order valence-electron chi connectivity index (χ2n) is 0.508. The zero-order valence-electron chi connectivity index (χ0n) is 2.71. The van der Waals surface area contributed by atoms with Gasteiger partial charge in [-0.25, -0.2) is 0 Å². The van der Waals surface area contributed by atoms with E-state index in [1.807, 2.05) is 5.63 Å². The number of hydrogen-bond donors (Lipinski definition) is 1. The van der Waals surface area contributed by atoms with Crippen LogP contribution in [-0.2, 0) is 16.6 Å². The van der Waals surface area contributed by atoms with Gasteiger partial charge in [0.05, 0.1) is 0 Å². The average molecular weight is 120 g/mol. The summed E-state index contributed by atoms with van der Waals surface area (Å²) in [5, 5.41) is 7.73. The molecule has 0 fully saturated rings. The first-order chi connectivity index (χ1) is 2.77. The predicted octanol–water partition coefficient (Wildman–Crippen LogP) is 0.438. The zero-order valence-corrected chi connectivity index (χ0v) is 4.42. The Labute approximate surface area is 40.9 Å². The third kappa shape index (κ3) is 3.90. The molecule has 0 rings (SSSR count). The maximum atomic E-state index is 9.41. The van der Waals surface area contributed by atoms with Crippen LogP contribution >= 0.6 is 6.81 Å². The van der Waals surface area contributed by atoms with Gasteiger partial charge in [-0.05, 0) is 0 Å². The molecule has 32 valence electrons. The molecule has 0 heterocycles. The summed E-state index contributed by atoms with van der Waals surface area (Å²) in [5.41, 5.74) is 1.91. The third-order valence-corrected chi connectivity index (χ3v) is 0.698. The summed E-state index contributed by atoms with van der Waals surface area (Å²) < 4.78 is 0. The van der Waals surface area contributed by atoms with Gasteiger partial charge in [-0.15, -0.1) is 0 Å². The van der Waals surface area contributed by atoms with E-state index >= 15 is 0 Å².